The average Bonchev–Trinajstić information content (AvgIpc) is 3.16. The number of nitrogens with one attached hydrogen (secondary N) is 2. The van der Waals surface area contributed by atoms with Gasteiger partial charge in [-0.2, -0.15) is 0 Å². The maximum atomic E-state index is 12.0. The van der Waals surface area contributed by atoms with E-state index in [0.717, 1.165) is 48.4 Å². The van der Waals surface area contributed by atoms with Crippen molar-refractivity contribution in [1.82, 2.24) is 30.2 Å². The lowest BCUT2D eigenvalue weighted by Crippen LogP contribution is -2.46. The predicted molar refractivity (Wildman–Crippen MR) is 126 cm³/mol. The van der Waals surface area contributed by atoms with Gasteiger partial charge in [0.1, 0.15) is 16.9 Å². The summed E-state index contributed by atoms with van der Waals surface area (Å²) in [6.45, 7) is 10.3. The Hall–Kier alpha value is -2.72. The van der Waals surface area contributed by atoms with E-state index in [1.54, 1.807) is 12.4 Å². The van der Waals surface area contributed by atoms with Crippen LogP contribution < -0.4 is 10.2 Å². The fourth-order valence-corrected chi connectivity index (χ4v) is 4.24. The van der Waals surface area contributed by atoms with Crippen LogP contribution in [-0.4, -0.2) is 62.7 Å². The summed E-state index contributed by atoms with van der Waals surface area (Å²) >= 11 is 3.66. The molecule has 0 unspecified atom stereocenters. The van der Waals surface area contributed by atoms with E-state index >= 15 is 0 Å². The molecule has 1 saturated heterocycles. The first kappa shape index (κ1) is 22.5. The highest BCUT2D eigenvalue weighted by atomic mass is 79.9. The van der Waals surface area contributed by atoms with E-state index in [9.17, 15) is 4.79 Å². The number of ether oxygens (including phenoxy) is 1. The van der Waals surface area contributed by atoms with Crippen molar-refractivity contribution >= 4 is 38.9 Å². The number of imidazole rings is 1. The zero-order valence-electron chi connectivity index (χ0n) is 18.6. The molecule has 0 radical (unpaired) electrons. The molecule has 170 valence electrons. The molecule has 0 aliphatic carbocycles. The molecule has 1 aliphatic rings. The van der Waals surface area contributed by atoms with Crippen LogP contribution >= 0.6 is 15.9 Å². The van der Waals surface area contributed by atoms with Gasteiger partial charge in [-0.25, -0.2) is 14.8 Å². The Morgan fingerprint density at radius 3 is 2.72 bits per heavy atom. The fraction of sp³-hybridized carbons (Fsp3) is 0.455. The summed E-state index contributed by atoms with van der Waals surface area (Å²) < 4.78 is 6.20. The van der Waals surface area contributed by atoms with Crippen molar-refractivity contribution in [2.75, 3.05) is 31.1 Å². The number of carbonyl (C=O) groups is 1. The number of carbonyl (C=O) groups excluding carboxylic acids is 1. The molecule has 10 heteroatoms. The number of amides is 1. The second-order valence-corrected chi connectivity index (χ2v) is 9.67. The van der Waals surface area contributed by atoms with Crippen molar-refractivity contribution in [3.8, 4) is 0 Å². The largest absolute Gasteiger partial charge is 0.444 e. The van der Waals surface area contributed by atoms with E-state index in [2.05, 4.69) is 52.1 Å². The fourth-order valence-electron chi connectivity index (χ4n) is 3.70. The molecule has 1 aliphatic heterocycles. The van der Waals surface area contributed by atoms with Gasteiger partial charge in [-0.05, 0) is 48.3 Å². The van der Waals surface area contributed by atoms with Crippen LogP contribution in [0.4, 0.5) is 10.5 Å². The second-order valence-electron chi connectivity index (χ2n) is 8.82. The molecular weight excluding hydrogens is 474 g/mol. The predicted octanol–water partition coefficient (Wildman–Crippen LogP) is 3.46. The third-order valence-corrected chi connectivity index (χ3v) is 5.69. The van der Waals surface area contributed by atoms with Crippen molar-refractivity contribution < 1.29 is 9.53 Å². The number of pyridine rings is 2. The van der Waals surface area contributed by atoms with Crippen molar-refractivity contribution in [3.05, 3.63) is 46.6 Å². The molecule has 4 rings (SSSR count). The first-order valence-corrected chi connectivity index (χ1v) is 11.4. The van der Waals surface area contributed by atoms with Crippen LogP contribution in [0.25, 0.3) is 11.2 Å². The molecular formula is C22H28BrN7O2. The number of aromatic amines is 1. The van der Waals surface area contributed by atoms with Crippen molar-refractivity contribution in [2.24, 2.45) is 0 Å². The Labute approximate surface area is 195 Å². The minimum atomic E-state index is -0.545. The van der Waals surface area contributed by atoms with Gasteiger partial charge in [-0.15, -0.1) is 0 Å². The molecule has 4 heterocycles. The van der Waals surface area contributed by atoms with E-state index in [-0.39, 0.29) is 6.54 Å². The first-order valence-electron chi connectivity index (χ1n) is 10.6. The monoisotopic (exact) mass is 501 g/mol. The van der Waals surface area contributed by atoms with Crippen molar-refractivity contribution in [2.45, 2.75) is 39.5 Å². The highest BCUT2D eigenvalue weighted by Gasteiger charge is 2.23. The molecule has 3 aromatic heterocycles. The van der Waals surface area contributed by atoms with Crippen LogP contribution in [0.5, 0.6) is 0 Å². The summed E-state index contributed by atoms with van der Waals surface area (Å²) in [5, 5.41) is 2.74. The van der Waals surface area contributed by atoms with Crippen molar-refractivity contribution in [3.63, 3.8) is 0 Å². The molecule has 1 fully saturated rings. The summed E-state index contributed by atoms with van der Waals surface area (Å²) in [5.41, 5.74) is 3.19. The van der Waals surface area contributed by atoms with Gasteiger partial charge < -0.3 is 19.9 Å². The zero-order valence-corrected chi connectivity index (χ0v) is 20.1. The number of hydrogen-bond donors (Lipinski definition) is 2. The lowest BCUT2D eigenvalue weighted by molar-refractivity contribution is 0.0522. The number of halogens is 1. The van der Waals surface area contributed by atoms with E-state index in [1.165, 1.54) is 5.56 Å². The number of H-pyrrole nitrogens is 1. The molecule has 0 spiro atoms. The molecule has 0 atom stereocenters. The smallest absolute Gasteiger partial charge is 0.408 e. The number of hydrogen-bond acceptors (Lipinski definition) is 7. The SMILES string of the molecule is CC(C)(C)OC(=O)NCc1nc2c(N3CCN(Cc4cccnc4)CC3)c(Br)cnc2[nH]1. The van der Waals surface area contributed by atoms with Gasteiger partial charge in [0.2, 0.25) is 0 Å². The van der Waals surface area contributed by atoms with Gasteiger partial charge in [0, 0.05) is 51.3 Å². The number of fused-ring (bicyclic) bond motifs is 1. The highest BCUT2D eigenvalue weighted by Crippen LogP contribution is 2.33. The standard InChI is InChI=1S/C22H28BrN7O2/c1-22(2,3)32-21(31)26-13-17-27-18-19(16(23)12-25-20(18)28-17)30-9-7-29(8-10-30)14-15-5-4-6-24-11-15/h4-6,11-12H,7-10,13-14H2,1-3H3,(H,26,31)(H,25,27,28). The van der Waals surface area contributed by atoms with Crippen molar-refractivity contribution in [1.29, 1.82) is 0 Å². The van der Waals surface area contributed by atoms with Crippen LogP contribution in [0.15, 0.2) is 35.2 Å². The van der Waals surface area contributed by atoms with E-state index in [1.807, 2.05) is 33.0 Å². The Kier molecular flexibility index (Phi) is 6.61. The van der Waals surface area contributed by atoms with E-state index < -0.39 is 11.7 Å². The highest BCUT2D eigenvalue weighted by molar-refractivity contribution is 9.10. The molecule has 0 bridgehead atoms. The topological polar surface area (TPSA) is 99.3 Å². The van der Waals surface area contributed by atoms with Gasteiger partial charge in [0.05, 0.1) is 16.7 Å². The maximum absolute atomic E-state index is 12.0. The zero-order chi connectivity index (χ0) is 22.7. The third kappa shape index (κ3) is 5.55. The number of alkyl carbamates (subject to hydrolysis) is 1. The molecule has 1 amide bonds. The van der Waals surface area contributed by atoms with Crippen LogP contribution in [-0.2, 0) is 17.8 Å². The van der Waals surface area contributed by atoms with Gasteiger partial charge in [-0.3, -0.25) is 9.88 Å². The molecule has 9 nitrogen and oxygen atoms in total. The number of rotatable bonds is 5. The van der Waals surface area contributed by atoms with Crippen LogP contribution in [0, 0.1) is 0 Å². The molecule has 2 N–H and O–H groups in total. The van der Waals surface area contributed by atoms with Crippen LogP contribution in [0.3, 0.4) is 0 Å². The lowest BCUT2D eigenvalue weighted by atomic mass is 10.2. The molecule has 32 heavy (non-hydrogen) atoms. The molecule has 0 saturated carbocycles. The number of piperazine rings is 1. The van der Waals surface area contributed by atoms with E-state index in [4.69, 9.17) is 9.72 Å². The summed E-state index contributed by atoms with van der Waals surface area (Å²) in [6.07, 6.45) is 5.04. The summed E-state index contributed by atoms with van der Waals surface area (Å²) in [4.78, 5) is 33.3. The minimum Gasteiger partial charge on any atom is -0.444 e. The van der Waals surface area contributed by atoms with Gasteiger partial charge >= 0.3 is 6.09 Å². The lowest BCUT2D eigenvalue weighted by Gasteiger charge is -2.36. The Balaban J connectivity index is 1.44. The average molecular weight is 502 g/mol. The van der Waals surface area contributed by atoms with Gasteiger partial charge in [0.25, 0.3) is 0 Å². The Morgan fingerprint density at radius 1 is 1.25 bits per heavy atom. The summed E-state index contributed by atoms with van der Waals surface area (Å²) in [6, 6.07) is 4.09. The van der Waals surface area contributed by atoms with Gasteiger partial charge in [-0.1, -0.05) is 6.07 Å². The number of aromatic nitrogens is 4. The number of nitrogens with zero attached hydrogens (tertiary/aromatic N) is 5. The summed E-state index contributed by atoms with van der Waals surface area (Å²) in [5.74, 6) is 0.632. The normalized spacial score (nSPS) is 15.2. The quantitative estimate of drug-likeness (QED) is 0.551. The Bertz CT molecular complexity index is 1070. The minimum absolute atomic E-state index is 0.237. The number of anilines is 1. The van der Waals surface area contributed by atoms with Gasteiger partial charge in [0.15, 0.2) is 5.65 Å². The van der Waals surface area contributed by atoms with E-state index in [0.29, 0.717) is 11.5 Å². The maximum Gasteiger partial charge on any atom is 0.408 e. The van der Waals surface area contributed by atoms with Crippen LogP contribution in [0.1, 0.15) is 32.2 Å². The summed E-state index contributed by atoms with van der Waals surface area (Å²) in [7, 11) is 0. The second kappa shape index (κ2) is 9.41. The molecule has 3 aromatic rings. The first-order chi connectivity index (χ1) is 15.3. The third-order valence-electron chi connectivity index (χ3n) is 5.11. The molecule has 0 aromatic carbocycles. The van der Waals surface area contributed by atoms with Crippen LogP contribution in [0.2, 0.25) is 0 Å². The Morgan fingerprint density at radius 2 is 2.03 bits per heavy atom.